The summed E-state index contributed by atoms with van der Waals surface area (Å²) in [4.78, 5) is 13.5. The average Bonchev–Trinajstić information content (AvgIpc) is 2.27. The van der Waals surface area contributed by atoms with E-state index in [-0.39, 0.29) is 5.97 Å². The summed E-state index contributed by atoms with van der Waals surface area (Å²) in [6, 6.07) is 0. The van der Waals surface area contributed by atoms with E-state index in [4.69, 9.17) is 4.74 Å². The molecule has 0 unspecified atom stereocenters. The van der Waals surface area contributed by atoms with Gasteiger partial charge in [-0.1, -0.05) is 0 Å². The molecule has 15 heavy (non-hydrogen) atoms. The van der Waals surface area contributed by atoms with Gasteiger partial charge >= 0.3 is 5.97 Å². The fourth-order valence-electron chi connectivity index (χ4n) is 1.81. The van der Waals surface area contributed by atoms with Crippen molar-refractivity contribution in [2.24, 2.45) is 5.92 Å². The van der Waals surface area contributed by atoms with E-state index in [2.05, 4.69) is 9.64 Å². The van der Waals surface area contributed by atoms with Gasteiger partial charge in [0, 0.05) is 26.7 Å². The van der Waals surface area contributed by atoms with Gasteiger partial charge in [-0.05, 0) is 6.42 Å². The first kappa shape index (κ1) is 12.4. The lowest BCUT2D eigenvalue weighted by Crippen LogP contribution is -2.47. The molecule has 5 heteroatoms. The second-order valence-electron chi connectivity index (χ2n) is 3.78. The maximum absolute atomic E-state index is 11.4. The maximum atomic E-state index is 11.4. The number of rotatable bonds is 4. The van der Waals surface area contributed by atoms with Crippen molar-refractivity contribution in [3.05, 3.63) is 0 Å². The van der Waals surface area contributed by atoms with Gasteiger partial charge in [0.05, 0.1) is 25.7 Å². The van der Waals surface area contributed by atoms with E-state index in [1.54, 1.807) is 7.11 Å². The molecule has 1 fully saturated rings. The number of methoxy groups -OCH3 is 2. The second-order valence-corrected chi connectivity index (χ2v) is 3.78. The number of likely N-dealkylation sites (tertiary alicyclic amines) is 1. The van der Waals surface area contributed by atoms with E-state index < -0.39 is 12.0 Å². The highest BCUT2D eigenvalue weighted by Gasteiger charge is 2.33. The number of hydrogen-bond acceptors (Lipinski definition) is 5. The normalized spacial score (nSPS) is 27.7. The molecule has 5 nitrogen and oxygen atoms in total. The summed E-state index contributed by atoms with van der Waals surface area (Å²) in [5.74, 6) is -0.745. The molecule has 1 saturated heterocycles. The molecule has 1 aliphatic rings. The lowest BCUT2D eigenvalue weighted by atomic mass is 9.95. The van der Waals surface area contributed by atoms with Gasteiger partial charge in [-0.3, -0.25) is 9.69 Å². The van der Waals surface area contributed by atoms with Crippen LogP contribution in [-0.2, 0) is 14.3 Å². The molecule has 0 aromatic heterocycles. The van der Waals surface area contributed by atoms with Crippen molar-refractivity contribution < 1.29 is 19.4 Å². The summed E-state index contributed by atoms with van der Waals surface area (Å²) in [7, 11) is 3.00. The van der Waals surface area contributed by atoms with Crippen molar-refractivity contribution in [1.82, 2.24) is 4.90 Å². The molecule has 0 spiro atoms. The Balaban J connectivity index is 2.44. The van der Waals surface area contributed by atoms with Crippen LogP contribution in [0.1, 0.15) is 6.42 Å². The first-order valence-electron chi connectivity index (χ1n) is 5.16. The summed E-state index contributed by atoms with van der Waals surface area (Å²) in [5, 5.41) is 9.65. The molecule has 0 aromatic rings. The lowest BCUT2D eigenvalue weighted by molar-refractivity contribution is -0.152. The van der Waals surface area contributed by atoms with Gasteiger partial charge in [0.1, 0.15) is 0 Å². The van der Waals surface area contributed by atoms with Gasteiger partial charge in [0.2, 0.25) is 0 Å². The zero-order valence-corrected chi connectivity index (χ0v) is 9.31. The van der Waals surface area contributed by atoms with Gasteiger partial charge < -0.3 is 14.6 Å². The SMILES string of the molecule is COCCN1CC[C@@H](O)[C@H](C(=O)OC)C1. The Bertz CT molecular complexity index is 208. The molecule has 1 N–H and O–H groups in total. The Hall–Kier alpha value is -0.650. The van der Waals surface area contributed by atoms with E-state index in [0.717, 1.165) is 13.1 Å². The number of hydrogen-bond donors (Lipinski definition) is 1. The third-order valence-electron chi connectivity index (χ3n) is 2.78. The van der Waals surface area contributed by atoms with Crippen LogP contribution in [0.25, 0.3) is 0 Å². The number of carbonyl (C=O) groups is 1. The van der Waals surface area contributed by atoms with E-state index in [1.807, 2.05) is 0 Å². The van der Waals surface area contributed by atoms with Crippen molar-refractivity contribution in [3.8, 4) is 0 Å². The number of nitrogens with zero attached hydrogens (tertiary/aromatic N) is 1. The van der Waals surface area contributed by atoms with Crippen LogP contribution in [-0.4, -0.2) is 62.5 Å². The standard InChI is InChI=1S/C10H19NO4/c1-14-6-5-11-4-3-9(12)8(7-11)10(13)15-2/h8-9,12H,3-7H2,1-2H3/t8-,9-/m1/s1. The zero-order valence-electron chi connectivity index (χ0n) is 9.31. The molecule has 0 saturated carbocycles. The number of ether oxygens (including phenoxy) is 2. The topological polar surface area (TPSA) is 59.0 Å². The van der Waals surface area contributed by atoms with E-state index >= 15 is 0 Å². The molecular formula is C10H19NO4. The Morgan fingerprint density at radius 2 is 2.27 bits per heavy atom. The van der Waals surface area contributed by atoms with Crippen LogP contribution in [0.4, 0.5) is 0 Å². The molecule has 2 atom stereocenters. The van der Waals surface area contributed by atoms with Crippen LogP contribution in [0.3, 0.4) is 0 Å². The molecule has 0 aliphatic carbocycles. The predicted octanol–water partition coefficient (Wildman–Crippen LogP) is -0.511. The Morgan fingerprint density at radius 1 is 1.53 bits per heavy atom. The third-order valence-corrected chi connectivity index (χ3v) is 2.78. The molecule has 1 heterocycles. The van der Waals surface area contributed by atoms with Gasteiger partial charge in [-0.2, -0.15) is 0 Å². The van der Waals surface area contributed by atoms with Crippen LogP contribution in [0, 0.1) is 5.92 Å². The van der Waals surface area contributed by atoms with Crippen LogP contribution < -0.4 is 0 Å². The van der Waals surface area contributed by atoms with Crippen molar-refractivity contribution in [3.63, 3.8) is 0 Å². The van der Waals surface area contributed by atoms with Crippen LogP contribution in [0.5, 0.6) is 0 Å². The largest absolute Gasteiger partial charge is 0.469 e. The minimum Gasteiger partial charge on any atom is -0.469 e. The van der Waals surface area contributed by atoms with Crippen molar-refractivity contribution >= 4 is 5.97 Å². The minimum absolute atomic E-state index is 0.329. The van der Waals surface area contributed by atoms with Crippen molar-refractivity contribution in [2.75, 3.05) is 40.5 Å². The molecule has 0 amide bonds. The maximum Gasteiger partial charge on any atom is 0.312 e. The highest BCUT2D eigenvalue weighted by atomic mass is 16.5. The Morgan fingerprint density at radius 3 is 2.87 bits per heavy atom. The lowest BCUT2D eigenvalue weighted by Gasteiger charge is -2.34. The summed E-state index contributed by atoms with van der Waals surface area (Å²) >= 11 is 0. The van der Waals surface area contributed by atoms with Gasteiger partial charge in [0.15, 0.2) is 0 Å². The number of piperidine rings is 1. The molecule has 1 rings (SSSR count). The molecule has 0 radical (unpaired) electrons. The molecule has 1 aliphatic heterocycles. The highest BCUT2D eigenvalue weighted by Crippen LogP contribution is 2.18. The fourth-order valence-corrected chi connectivity index (χ4v) is 1.81. The van der Waals surface area contributed by atoms with Gasteiger partial charge in [-0.25, -0.2) is 0 Å². The van der Waals surface area contributed by atoms with Gasteiger partial charge in [0.25, 0.3) is 0 Å². The molecule has 0 bridgehead atoms. The van der Waals surface area contributed by atoms with Gasteiger partial charge in [-0.15, -0.1) is 0 Å². The summed E-state index contributed by atoms with van der Waals surface area (Å²) in [5.41, 5.74) is 0. The van der Waals surface area contributed by atoms with Crippen LogP contribution >= 0.6 is 0 Å². The molecular weight excluding hydrogens is 198 g/mol. The van der Waals surface area contributed by atoms with Crippen molar-refractivity contribution in [2.45, 2.75) is 12.5 Å². The first-order valence-corrected chi connectivity index (χ1v) is 5.16. The average molecular weight is 217 g/mol. The summed E-state index contributed by atoms with van der Waals surface area (Å²) in [6.07, 6.45) is 0.0416. The highest BCUT2D eigenvalue weighted by molar-refractivity contribution is 5.73. The summed E-state index contributed by atoms with van der Waals surface area (Å²) < 4.78 is 9.63. The minimum atomic E-state index is -0.573. The number of aliphatic hydroxyl groups is 1. The van der Waals surface area contributed by atoms with Crippen LogP contribution in [0.2, 0.25) is 0 Å². The first-order chi connectivity index (χ1) is 7.19. The predicted molar refractivity (Wildman–Crippen MR) is 54.4 cm³/mol. The van der Waals surface area contributed by atoms with E-state index in [9.17, 15) is 9.90 Å². The fraction of sp³-hybridized carbons (Fsp3) is 0.900. The smallest absolute Gasteiger partial charge is 0.312 e. The Kier molecular flexibility index (Phi) is 5.01. The molecule has 0 aromatic carbocycles. The number of carbonyl (C=O) groups excluding carboxylic acids is 1. The van der Waals surface area contributed by atoms with Crippen molar-refractivity contribution in [1.29, 1.82) is 0 Å². The van der Waals surface area contributed by atoms with E-state index in [0.29, 0.717) is 19.6 Å². The van der Waals surface area contributed by atoms with E-state index in [1.165, 1.54) is 7.11 Å². The number of esters is 1. The summed E-state index contributed by atoms with van der Waals surface area (Å²) in [6.45, 7) is 2.79. The monoisotopic (exact) mass is 217 g/mol. The number of aliphatic hydroxyl groups excluding tert-OH is 1. The second kappa shape index (κ2) is 6.05. The Labute approximate surface area is 90.0 Å². The zero-order chi connectivity index (χ0) is 11.3. The molecule has 88 valence electrons. The third kappa shape index (κ3) is 3.44. The van der Waals surface area contributed by atoms with Crippen LogP contribution in [0.15, 0.2) is 0 Å². The quantitative estimate of drug-likeness (QED) is 0.643.